The fourth-order valence-corrected chi connectivity index (χ4v) is 1.74. The minimum absolute atomic E-state index is 0.106. The Labute approximate surface area is 129 Å². The van der Waals surface area contributed by atoms with Gasteiger partial charge in [-0.25, -0.2) is 0 Å². The van der Waals surface area contributed by atoms with E-state index in [4.69, 9.17) is 5.11 Å². The second-order valence-corrected chi connectivity index (χ2v) is 4.77. The minimum atomic E-state index is -1.06. The van der Waals surface area contributed by atoms with Crippen LogP contribution in [0.5, 0.6) is 0 Å². The van der Waals surface area contributed by atoms with E-state index in [-0.39, 0.29) is 18.0 Å². The van der Waals surface area contributed by atoms with Crippen molar-refractivity contribution >= 4 is 17.5 Å². The topological polar surface area (TPSA) is 71.4 Å². The summed E-state index contributed by atoms with van der Waals surface area (Å²) in [4.78, 5) is 30.6. The lowest BCUT2D eigenvalue weighted by molar-refractivity contribution is -0.139. The molecule has 114 valence electrons. The molecule has 2 rings (SSSR count). The van der Waals surface area contributed by atoms with Crippen LogP contribution in [0.4, 0.5) is 0 Å². The lowest BCUT2D eigenvalue weighted by atomic mass is 10.0. The number of carbonyl (C=O) groups excluding carboxylic acids is 2. The Hall–Kier alpha value is -2.75. The number of hydrogen-bond donors (Lipinski definition) is 1. The van der Waals surface area contributed by atoms with Crippen molar-refractivity contribution in [3.05, 3.63) is 60.2 Å². The van der Waals surface area contributed by atoms with Gasteiger partial charge in [-0.2, -0.15) is 0 Å². The molecule has 0 spiro atoms. The molecule has 0 aliphatic rings. The summed E-state index contributed by atoms with van der Waals surface area (Å²) in [5.74, 6) is -1.27. The van der Waals surface area contributed by atoms with Gasteiger partial charge >= 0.3 is 5.97 Å². The molecule has 0 aliphatic carbocycles. The molecule has 0 saturated carbocycles. The van der Waals surface area contributed by atoms with Gasteiger partial charge in [0.2, 0.25) is 0 Å². The molecule has 0 unspecified atom stereocenters. The van der Waals surface area contributed by atoms with E-state index in [9.17, 15) is 14.4 Å². The minimum Gasteiger partial charge on any atom is -0.481 e. The highest BCUT2D eigenvalue weighted by atomic mass is 16.4. The number of benzene rings is 2. The summed E-state index contributed by atoms with van der Waals surface area (Å²) >= 11 is 0. The van der Waals surface area contributed by atoms with Crippen LogP contribution in [0, 0.1) is 0 Å². The van der Waals surface area contributed by atoms with Crippen LogP contribution in [-0.4, -0.2) is 22.6 Å². The molecule has 0 fully saturated rings. The lowest BCUT2D eigenvalue weighted by Gasteiger charge is -2.01. The number of carbonyl (C=O) groups is 3. The fourth-order valence-electron chi connectivity index (χ4n) is 1.74. The zero-order valence-electron chi connectivity index (χ0n) is 12.6. The van der Waals surface area contributed by atoms with Crippen LogP contribution < -0.4 is 0 Å². The molecule has 4 nitrogen and oxygen atoms in total. The molecule has 22 heavy (non-hydrogen) atoms. The first-order valence-corrected chi connectivity index (χ1v) is 6.78. The molecule has 0 amide bonds. The zero-order chi connectivity index (χ0) is 16.5. The van der Waals surface area contributed by atoms with Crippen LogP contribution in [0.15, 0.2) is 54.6 Å². The van der Waals surface area contributed by atoms with E-state index in [1.165, 1.54) is 12.5 Å². The second-order valence-electron chi connectivity index (χ2n) is 4.77. The van der Waals surface area contributed by atoms with E-state index >= 15 is 0 Å². The van der Waals surface area contributed by atoms with Gasteiger partial charge in [0, 0.05) is 5.56 Å². The number of carboxylic acid groups (broad SMARTS) is 1. The van der Waals surface area contributed by atoms with Crippen molar-refractivity contribution in [2.45, 2.75) is 20.3 Å². The van der Waals surface area contributed by atoms with Crippen molar-refractivity contribution in [3.63, 3.8) is 0 Å². The van der Waals surface area contributed by atoms with Gasteiger partial charge in [0.15, 0.2) is 5.78 Å². The molecule has 0 aliphatic heterocycles. The van der Waals surface area contributed by atoms with Gasteiger partial charge in [-0.3, -0.25) is 14.4 Å². The zero-order valence-corrected chi connectivity index (χ0v) is 12.6. The van der Waals surface area contributed by atoms with Gasteiger partial charge in [0.1, 0.15) is 12.2 Å². The molecular weight excluding hydrogens is 280 g/mol. The molecule has 0 heterocycles. The Kier molecular flexibility index (Phi) is 6.70. The second kappa shape index (κ2) is 8.52. The molecule has 2 aromatic carbocycles. The molecule has 1 N–H and O–H groups in total. The van der Waals surface area contributed by atoms with E-state index in [0.717, 1.165) is 11.1 Å². The Bertz CT molecular complexity index is 631. The van der Waals surface area contributed by atoms with Gasteiger partial charge in [0.05, 0.1) is 0 Å². The van der Waals surface area contributed by atoms with Crippen LogP contribution in [-0.2, 0) is 9.59 Å². The Balaban J connectivity index is 0.000000295. The lowest BCUT2D eigenvalue weighted by Crippen LogP contribution is -2.00. The smallest absolute Gasteiger partial charge is 0.310 e. The number of aliphatic carboxylic acids is 1. The van der Waals surface area contributed by atoms with Gasteiger partial charge in [-0.05, 0) is 25.0 Å². The largest absolute Gasteiger partial charge is 0.481 e. The monoisotopic (exact) mass is 298 g/mol. The van der Waals surface area contributed by atoms with E-state index in [1.807, 2.05) is 42.5 Å². The number of Topliss-reactive ketones (excluding diaryl/α,β-unsaturated/α-hetero) is 2. The predicted octanol–water partition coefficient (Wildman–Crippen LogP) is 3.61. The van der Waals surface area contributed by atoms with Crippen molar-refractivity contribution in [2.75, 3.05) is 0 Å². The Morgan fingerprint density at radius 2 is 1.32 bits per heavy atom. The van der Waals surface area contributed by atoms with Gasteiger partial charge in [0.25, 0.3) is 0 Å². The van der Waals surface area contributed by atoms with Gasteiger partial charge in [-0.15, -0.1) is 0 Å². The Morgan fingerprint density at radius 1 is 0.818 bits per heavy atom. The summed E-state index contributed by atoms with van der Waals surface area (Å²) in [5.41, 5.74) is 3.07. The van der Waals surface area contributed by atoms with Crippen LogP contribution in [0.25, 0.3) is 11.1 Å². The normalized spacial score (nSPS) is 9.36. The van der Waals surface area contributed by atoms with E-state index in [0.29, 0.717) is 0 Å². The maximum atomic E-state index is 11.1. The predicted molar refractivity (Wildman–Crippen MR) is 84.8 cm³/mol. The highest BCUT2D eigenvalue weighted by Crippen LogP contribution is 2.19. The fraction of sp³-hybridized carbons (Fsp3) is 0.167. The average molecular weight is 298 g/mol. The van der Waals surface area contributed by atoms with E-state index < -0.39 is 5.97 Å². The highest BCUT2D eigenvalue weighted by molar-refractivity contribution is 5.94. The quantitative estimate of drug-likeness (QED) is 0.691. The number of carboxylic acids is 1. The van der Waals surface area contributed by atoms with Crippen LogP contribution >= 0.6 is 0 Å². The molecule has 0 saturated heterocycles. The Morgan fingerprint density at radius 3 is 1.68 bits per heavy atom. The first-order chi connectivity index (χ1) is 10.4. The number of rotatable bonds is 4. The SMILES string of the molecule is CC(=O)CC(=O)O.CC(=O)c1ccc(-c2ccccc2)cc1. The summed E-state index contributed by atoms with van der Waals surface area (Å²) in [6.07, 6.45) is -0.361. The van der Waals surface area contributed by atoms with Gasteiger partial charge in [-0.1, -0.05) is 54.6 Å². The van der Waals surface area contributed by atoms with Crippen LogP contribution in [0.1, 0.15) is 30.6 Å². The van der Waals surface area contributed by atoms with Crippen molar-refractivity contribution in [3.8, 4) is 11.1 Å². The standard InChI is InChI=1S/C14H12O.C4H6O3/c1-11(15)12-7-9-14(10-8-12)13-5-3-2-4-6-13;1-3(5)2-4(6)7/h2-10H,1H3;2H2,1H3,(H,6,7). The third-order valence-electron chi connectivity index (χ3n) is 2.80. The molecule has 0 aromatic heterocycles. The number of hydrogen-bond acceptors (Lipinski definition) is 3. The maximum absolute atomic E-state index is 11.1. The van der Waals surface area contributed by atoms with Crippen molar-refractivity contribution in [1.82, 2.24) is 0 Å². The summed E-state index contributed by atoms with van der Waals surface area (Å²) in [6, 6.07) is 17.8. The van der Waals surface area contributed by atoms with Crippen LogP contribution in [0.3, 0.4) is 0 Å². The van der Waals surface area contributed by atoms with E-state index in [2.05, 4.69) is 12.1 Å². The van der Waals surface area contributed by atoms with Crippen molar-refractivity contribution < 1.29 is 19.5 Å². The molecule has 4 heteroatoms. The van der Waals surface area contributed by atoms with Crippen molar-refractivity contribution in [2.24, 2.45) is 0 Å². The highest BCUT2D eigenvalue weighted by Gasteiger charge is 2.00. The van der Waals surface area contributed by atoms with E-state index in [1.54, 1.807) is 6.92 Å². The van der Waals surface area contributed by atoms with Gasteiger partial charge < -0.3 is 5.11 Å². The molecule has 2 aromatic rings. The summed E-state index contributed by atoms with van der Waals surface area (Å²) in [7, 11) is 0. The summed E-state index contributed by atoms with van der Waals surface area (Å²) < 4.78 is 0. The van der Waals surface area contributed by atoms with Crippen molar-refractivity contribution in [1.29, 1.82) is 0 Å². The summed E-state index contributed by atoms with van der Waals surface area (Å²) in [6.45, 7) is 2.83. The molecular formula is C18H18O4. The molecule has 0 bridgehead atoms. The third kappa shape index (κ3) is 6.13. The third-order valence-corrected chi connectivity index (χ3v) is 2.80. The number of ketones is 2. The average Bonchev–Trinajstić information content (AvgIpc) is 2.47. The first kappa shape index (κ1) is 17.3. The maximum Gasteiger partial charge on any atom is 0.310 e. The summed E-state index contributed by atoms with van der Waals surface area (Å²) in [5, 5.41) is 7.86. The molecule has 0 atom stereocenters. The molecule has 0 radical (unpaired) electrons. The first-order valence-electron chi connectivity index (χ1n) is 6.78. The van der Waals surface area contributed by atoms with Crippen LogP contribution in [0.2, 0.25) is 0 Å².